The lowest BCUT2D eigenvalue weighted by atomic mass is 10.2. The van der Waals surface area contributed by atoms with Crippen LogP contribution in [0.3, 0.4) is 0 Å². The van der Waals surface area contributed by atoms with E-state index in [-0.39, 0.29) is 12.2 Å². The Kier molecular flexibility index (Phi) is 5.48. The van der Waals surface area contributed by atoms with Crippen molar-refractivity contribution in [2.45, 2.75) is 12.6 Å². The second-order valence-corrected chi connectivity index (χ2v) is 7.64. The van der Waals surface area contributed by atoms with Gasteiger partial charge in [-0.1, -0.05) is 24.3 Å². The normalized spacial score (nSPS) is 16.1. The Labute approximate surface area is 168 Å². The SMILES string of the molecule is COc1ccc(N(Cc2cccs2)CC2CN(c3ccccc3)C(=O)O2)cc1. The molecule has 0 aliphatic carbocycles. The van der Waals surface area contributed by atoms with E-state index < -0.39 is 0 Å². The van der Waals surface area contributed by atoms with Gasteiger partial charge in [0.05, 0.1) is 26.7 Å². The number of methoxy groups -OCH3 is 1. The van der Waals surface area contributed by atoms with Crippen molar-refractivity contribution in [2.75, 3.05) is 30.0 Å². The van der Waals surface area contributed by atoms with Crippen molar-refractivity contribution in [3.8, 4) is 5.75 Å². The third-order valence-corrected chi connectivity index (χ3v) is 5.59. The van der Waals surface area contributed by atoms with Crippen LogP contribution in [0.1, 0.15) is 4.88 Å². The molecule has 6 heteroatoms. The van der Waals surface area contributed by atoms with Crippen LogP contribution in [-0.2, 0) is 11.3 Å². The molecule has 5 nitrogen and oxygen atoms in total. The molecule has 1 fully saturated rings. The highest BCUT2D eigenvalue weighted by molar-refractivity contribution is 7.09. The average Bonchev–Trinajstić information content (AvgIpc) is 3.38. The van der Waals surface area contributed by atoms with E-state index in [0.717, 1.165) is 23.7 Å². The van der Waals surface area contributed by atoms with Crippen LogP contribution >= 0.6 is 11.3 Å². The summed E-state index contributed by atoms with van der Waals surface area (Å²) in [5.74, 6) is 0.822. The van der Waals surface area contributed by atoms with E-state index >= 15 is 0 Å². The molecule has 1 amide bonds. The number of rotatable bonds is 7. The fourth-order valence-electron chi connectivity index (χ4n) is 3.33. The molecule has 0 spiro atoms. The van der Waals surface area contributed by atoms with Gasteiger partial charge in [-0.2, -0.15) is 0 Å². The minimum absolute atomic E-state index is 0.199. The Hall–Kier alpha value is -2.99. The van der Waals surface area contributed by atoms with Crippen molar-refractivity contribution < 1.29 is 14.3 Å². The molecule has 2 heterocycles. The van der Waals surface area contributed by atoms with Crippen LogP contribution in [-0.4, -0.2) is 32.4 Å². The number of amides is 1. The zero-order valence-corrected chi connectivity index (χ0v) is 16.5. The molecule has 1 saturated heterocycles. The maximum absolute atomic E-state index is 12.4. The van der Waals surface area contributed by atoms with Crippen molar-refractivity contribution >= 4 is 28.8 Å². The van der Waals surface area contributed by atoms with Crippen LogP contribution in [0.2, 0.25) is 0 Å². The first-order valence-electron chi connectivity index (χ1n) is 9.17. The molecular weight excluding hydrogens is 372 g/mol. The number of hydrogen-bond acceptors (Lipinski definition) is 5. The molecule has 0 N–H and O–H groups in total. The second-order valence-electron chi connectivity index (χ2n) is 6.61. The Balaban J connectivity index is 1.51. The standard InChI is InChI=1S/C22H22N2O3S/c1-26-19-11-9-17(10-12-19)23(16-21-8-5-13-28-21)14-20-15-24(22(25)27-20)18-6-3-2-4-7-18/h2-13,20H,14-16H2,1H3. The Morgan fingerprint density at radius 3 is 2.57 bits per heavy atom. The third-order valence-electron chi connectivity index (χ3n) is 4.73. The van der Waals surface area contributed by atoms with Gasteiger partial charge in [0.25, 0.3) is 0 Å². The van der Waals surface area contributed by atoms with Crippen LogP contribution in [0.15, 0.2) is 72.1 Å². The lowest BCUT2D eigenvalue weighted by Crippen LogP contribution is -2.34. The van der Waals surface area contributed by atoms with E-state index in [9.17, 15) is 4.79 Å². The van der Waals surface area contributed by atoms with E-state index in [1.807, 2.05) is 54.6 Å². The summed E-state index contributed by atoms with van der Waals surface area (Å²) in [5.41, 5.74) is 1.94. The molecule has 0 radical (unpaired) electrons. The Morgan fingerprint density at radius 1 is 1.11 bits per heavy atom. The maximum Gasteiger partial charge on any atom is 0.414 e. The highest BCUT2D eigenvalue weighted by Gasteiger charge is 2.33. The topological polar surface area (TPSA) is 42.0 Å². The lowest BCUT2D eigenvalue weighted by Gasteiger charge is -2.26. The van der Waals surface area contributed by atoms with Gasteiger partial charge in [0, 0.05) is 16.3 Å². The van der Waals surface area contributed by atoms with E-state index in [0.29, 0.717) is 13.1 Å². The first kappa shape index (κ1) is 18.4. The van der Waals surface area contributed by atoms with Crippen molar-refractivity contribution in [3.63, 3.8) is 0 Å². The van der Waals surface area contributed by atoms with Crippen molar-refractivity contribution in [1.29, 1.82) is 0 Å². The lowest BCUT2D eigenvalue weighted by molar-refractivity contribution is 0.143. The van der Waals surface area contributed by atoms with E-state index in [1.165, 1.54) is 4.88 Å². The Bertz CT molecular complexity index is 897. The van der Waals surface area contributed by atoms with Gasteiger partial charge in [-0.05, 0) is 47.8 Å². The summed E-state index contributed by atoms with van der Waals surface area (Å²) in [5, 5.41) is 2.08. The van der Waals surface area contributed by atoms with Crippen molar-refractivity contribution in [3.05, 3.63) is 77.0 Å². The highest BCUT2D eigenvalue weighted by atomic mass is 32.1. The van der Waals surface area contributed by atoms with Gasteiger partial charge in [0.15, 0.2) is 0 Å². The van der Waals surface area contributed by atoms with Crippen LogP contribution < -0.4 is 14.5 Å². The number of para-hydroxylation sites is 1. The second kappa shape index (κ2) is 8.35. The fraction of sp³-hybridized carbons (Fsp3) is 0.227. The van der Waals surface area contributed by atoms with Crippen molar-refractivity contribution in [1.82, 2.24) is 0 Å². The van der Waals surface area contributed by atoms with Gasteiger partial charge in [-0.15, -0.1) is 11.3 Å². The van der Waals surface area contributed by atoms with Crippen LogP contribution in [0.25, 0.3) is 0 Å². The third kappa shape index (κ3) is 4.12. The molecule has 0 saturated carbocycles. The molecule has 144 valence electrons. The predicted octanol–water partition coefficient (Wildman–Crippen LogP) is 4.79. The number of thiophene rings is 1. The molecule has 1 atom stereocenters. The van der Waals surface area contributed by atoms with Crippen LogP contribution in [0.4, 0.5) is 16.2 Å². The largest absolute Gasteiger partial charge is 0.497 e. The van der Waals surface area contributed by atoms with Gasteiger partial charge in [0.1, 0.15) is 11.9 Å². The molecule has 0 bridgehead atoms. The number of carbonyl (C=O) groups excluding carboxylic acids is 1. The van der Waals surface area contributed by atoms with Crippen molar-refractivity contribution in [2.24, 2.45) is 0 Å². The van der Waals surface area contributed by atoms with Gasteiger partial charge in [-0.25, -0.2) is 4.79 Å². The van der Waals surface area contributed by atoms with Gasteiger partial charge in [0.2, 0.25) is 0 Å². The summed E-state index contributed by atoms with van der Waals surface area (Å²) in [6.45, 7) is 1.93. The number of anilines is 2. The summed E-state index contributed by atoms with van der Waals surface area (Å²) >= 11 is 1.72. The van der Waals surface area contributed by atoms with Gasteiger partial charge in [-0.3, -0.25) is 4.90 Å². The number of cyclic esters (lactones) is 1. The minimum Gasteiger partial charge on any atom is -0.497 e. The fourth-order valence-corrected chi connectivity index (χ4v) is 4.05. The maximum atomic E-state index is 12.4. The van der Waals surface area contributed by atoms with E-state index in [4.69, 9.17) is 9.47 Å². The summed E-state index contributed by atoms with van der Waals surface area (Å²) in [4.78, 5) is 17.6. The predicted molar refractivity (Wildman–Crippen MR) is 112 cm³/mol. The van der Waals surface area contributed by atoms with Gasteiger partial charge < -0.3 is 14.4 Å². The molecule has 28 heavy (non-hydrogen) atoms. The van der Waals surface area contributed by atoms with Crippen LogP contribution in [0.5, 0.6) is 5.75 Å². The first-order valence-corrected chi connectivity index (χ1v) is 10.1. The monoisotopic (exact) mass is 394 g/mol. The number of ether oxygens (including phenoxy) is 2. The quantitative estimate of drug-likeness (QED) is 0.578. The van der Waals surface area contributed by atoms with E-state index in [2.05, 4.69) is 22.4 Å². The molecule has 1 aliphatic rings. The summed E-state index contributed by atoms with van der Waals surface area (Å²) in [7, 11) is 1.66. The zero-order valence-electron chi connectivity index (χ0n) is 15.7. The average molecular weight is 394 g/mol. The minimum atomic E-state index is -0.290. The number of benzene rings is 2. The molecule has 3 aromatic rings. The van der Waals surface area contributed by atoms with Crippen LogP contribution in [0, 0.1) is 0 Å². The summed E-state index contributed by atoms with van der Waals surface area (Å²) < 4.78 is 10.9. The molecule has 1 aromatic heterocycles. The smallest absolute Gasteiger partial charge is 0.414 e. The molecule has 2 aromatic carbocycles. The zero-order chi connectivity index (χ0) is 19.3. The highest BCUT2D eigenvalue weighted by Crippen LogP contribution is 2.26. The molecule has 1 aliphatic heterocycles. The summed E-state index contributed by atoms with van der Waals surface area (Å²) in [6.07, 6.45) is -0.489. The first-order chi connectivity index (χ1) is 13.7. The molecule has 1 unspecified atom stereocenters. The number of carbonyl (C=O) groups is 1. The van der Waals surface area contributed by atoms with Gasteiger partial charge >= 0.3 is 6.09 Å². The number of nitrogens with zero attached hydrogens (tertiary/aromatic N) is 2. The van der Waals surface area contributed by atoms with E-state index in [1.54, 1.807) is 23.3 Å². The summed E-state index contributed by atoms with van der Waals surface area (Å²) in [6, 6.07) is 21.8. The molecule has 4 rings (SSSR count). The number of hydrogen-bond donors (Lipinski definition) is 0. The Morgan fingerprint density at radius 2 is 1.89 bits per heavy atom. The molecular formula is C22H22N2O3S.